The second kappa shape index (κ2) is 7.56. The number of nitrogens with zero attached hydrogens (tertiary/aromatic N) is 1. The lowest BCUT2D eigenvalue weighted by atomic mass is 10.1. The fourth-order valence-corrected chi connectivity index (χ4v) is 3.23. The lowest BCUT2D eigenvalue weighted by Gasteiger charge is -2.25. The zero-order chi connectivity index (χ0) is 16.1. The van der Waals surface area contributed by atoms with Crippen LogP contribution in [-0.4, -0.2) is 27.8 Å². The molecule has 0 heterocycles. The summed E-state index contributed by atoms with van der Waals surface area (Å²) in [6.07, 6.45) is 0. The molecule has 0 spiro atoms. The highest BCUT2D eigenvalue weighted by Gasteiger charge is 2.19. The summed E-state index contributed by atoms with van der Waals surface area (Å²) in [5.74, 6) is -0.164. The maximum absolute atomic E-state index is 12.3. The molecule has 0 aliphatic rings. The van der Waals surface area contributed by atoms with E-state index in [0.717, 1.165) is 5.56 Å². The third-order valence-corrected chi connectivity index (χ3v) is 5.15. The Hall–Kier alpha value is -1.65. The molecule has 0 unspecified atom stereocenters. The van der Waals surface area contributed by atoms with Gasteiger partial charge in [0.1, 0.15) is 5.75 Å². The Kier molecular flexibility index (Phi) is 5.75. The van der Waals surface area contributed by atoms with Crippen molar-refractivity contribution in [2.24, 2.45) is 0 Å². The summed E-state index contributed by atoms with van der Waals surface area (Å²) in [6, 6.07) is 16.3. The number of carbonyl (C=O) groups is 1. The molecular formula is C17H18ClNO2S. The minimum absolute atomic E-state index is 0.0154. The third kappa shape index (κ3) is 4.18. The van der Waals surface area contributed by atoms with Crippen molar-refractivity contribution in [2.45, 2.75) is 17.9 Å². The van der Waals surface area contributed by atoms with Crippen molar-refractivity contribution in [3.05, 3.63) is 65.2 Å². The Morgan fingerprint density at radius 2 is 1.73 bits per heavy atom. The van der Waals surface area contributed by atoms with Gasteiger partial charge in [0.2, 0.25) is 5.91 Å². The van der Waals surface area contributed by atoms with Gasteiger partial charge in [-0.25, -0.2) is 0 Å². The number of benzene rings is 2. The summed E-state index contributed by atoms with van der Waals surface area (Å²) < 4.78 is 12.2. The van der Waals surface area contributed by atoms with Gasteiger partial charge in [-0.3, -0.25) is 9.00 Å². The molecule has 0 fully saturated rings. The molecule has 0 bridgehead atoms. The molecule has 0 aliphatic carbocycles. The standard InChI is InChI=1S/C17H18ClNO2S/c1-13(14-8-10-15(18)11-9-14)19(2)17(20)12-22(21)16-6-4-3-5-7-16/h3-11,13H,12H2,1-2H3/t13-,22+/m0/s1. The van der Waals surface area contributed by atoms with Gasteiger partial charge in [-0.15, -0.1) is 0 Å². The molecule has 0 aliphatic heterocycles. The fraction of sp³-hybridized carbons (Fsp3) is 0.235. The van der Waals surface area contributed by atoms with Crippen molar-refractivity contribution in [1.29, 1.82) is 0 Å². The first-order chi connectivity index (χ1) is 10.5. The van der Waals surface area contributed by atoms with Gasteiger partial charge in [-0.2, -0.15) is 0 Å². The number of amides is 1. The van der Waals surface area contributed by atoms with E-state index in [9.17, 15) is 9.00 Å². The van der Waals surface area contributed by atoms with Gasteiger partial charge in [0, 0.05) is 17.0 Å². The Morgan fingerprint density at radius 3 is 2.32 bits per heavy atom. The van der Waals surface area contributed by atoms with Crippen LogP contribution in [0.5, 0.6) is 0 Å². The van der Waals surface area contributed by atoms with Crippen LogP contribution in [0, 0.1) is 0 Å². The molecule has 116 valence electrons. The first kappa shape index (κ1) is 16.7. The summed E-state index contributed by atoms with van der Waals surface area (Å²) in [6.45, 7) is 1.94. The fourth-order valence-electron chi connectivity index (χ4n) is 2.05. The first-order valence-corrected chi connectivity index (χ1v) is 8.63. The van der Waals surface area contributed by atoms with Crippen LogP contribution in [-0.2, 0) is 15.6 Å². The SMILES string of the molecule is C[C@@H](c1ccc(Cl)cc1)N(C)C(=O)C[S@@](=O)c1ccccc1. The quantitative estimate of drug-likeness (QED) is 0.836. The van der Waals surface area contributed by atoms with Crippen LogP contribution in [0.15, 0.2) is 59.5 Å². The van der Waals surface area contributed by atoms with Crippen molar-refractivity contribution in [3.8, 4) is 0 Å². The molecular weight excluding hydrogens is 318 g/mol. The van der Waals surface area contributed by atoms with Crippen LogP contribution >= 0.6 is 11.6 Å². The molecule has 0 saturated heterocycles. The maximum atomic E-state index is 12.3. The van der Waals surface area contributed by atoms with Gasteiger partial charge < -0.3 is 4.90 Å². The van der Waals surface area contributed by atoms with Crippen molar-refractivity contribution in [1.82, 2.24) is 4.90 Å². The Bertz CT molecular complexity index is 658. The number of hydrogen-bond acceptors (Lipinski definition) is 2. The van der Waals surface area contributed by atoms with E-state index in [0.29, 0.717) is 9.92 Å². The predicted molar refractivity (Wildman–Crippen MR) is 90.4 cm³/mol. The Labute approximate surface area is 138 Å². The average molecular weight is 336 g/mol. The Morgan fingerprint density at radius 1 is 1.14 bits per heavy atom. The largest absolute Gasteiger partial charge is 0.338 e. The zero-order valence-electron chi connectivity index (χ0n) is 12.5. The first-order valence-electron chi connectivity index (χ1n) is 6.93. The maximum Gasteiger partial charge on any atom is 0.235 e. The second-order valence-corrected chi connectivity index (χ2v) is 6.92. The van der Waals surface area contributed by atoms with Crippen LogP contribution in [0.1, 0.15) is 18.5 Å². The molecule has 2 atom stereocenters. The van der Waals surface area contributed by atoms with Crippen LogP contribution in [0.3, 0.4) is 0 Å². The number of rotatable bonds is 5. The summed E-state index contributed by atoms with van der Waals surface area (Å²) in [5, 5.41) is 0.662. The molecule has 0 N–H and O–H groups in total. The number of carbonyl (C=O) groups excluding carboxylic acids is 1. The van der Waals surface area contributed by atoms with Gasteiger partial charge in [-0.1, -0.05) is 41.9 Å². The summed E-state index contributed by atoms with van der Waals surface area (Å²) in [4.78, 5) is 14.6. The molecule has 2 aromatic carbocycles. The number of hydrogen-bond donors (Lipinski definition) is 0. The van der Waals surface area contributed by atoms with E-state index in [2.05, 4.69) is 0 Å². The molecule has 0 radical (unpaired) electrons. The van der Waals surface area contributed by atoms with Gasteiger partial charge >= 0.3 is 0 Å². The topological polar surface area (TPSA) is 37.4 Å². The van der Waals surface area contributed by atoms with Gasteiger partial charge in [-0.05, 0) is 36.8 Å². The van der Waals surface area contributed by atoms with Crippen molar-refractivity contribution in [2.75, 3.05) is 12.8 Å². The monoisotopic (exact) mass is 335 g/mol. The third-order valence-electron chi connectivity index (χ3n) is 3.59. The molecule has 22 heavy (non-hydrogen) atoms. The van der Waals surface area contributed by atoms with E-state index in [1.54, 1.807) is 36.2 Å². The highest BCUT2D eigenvalue weighted by molar-refractivity contribution is 7.85. The predicted octanol–water partition coefficient (Wildman–Crippen LogP) is 3.67. The summed E-state index contributed by atoms with van der Waals surface area (Å²) >= 11 is 5.87. The van der Waals surface area contributed by atoms with Crippen molar-refractivity contribution in [3.63, 3.8) is 0 Å². The number of halogens is 1. The smallest absolute Gasteiger partial charge is 0.235 e. The molecule has 2 aromatic rings. The molecule has 0 aromatic heterocycles. The molecule has 1 amide bonds. The van der Waals surface area contributed by atoms with E-state index in [4.69, 9.17) is 11.6 Å². The normalized spacial score (nSPS) is 13.4. The zero-order valence-corrected chi connectivity index (χ0v) is 14.1. The molecule has 5 heteroatoms. The lowest BCUT2D eigenvalue weighted by molar-refractivity contribution is -0.129. The highest BCUT2D eigenvalue weighted by atomic mass is 35.5. The molecule has 2 rings (SSSR count). The van der Waals surface area contributed by atoms with E-state index >= 15 is 0 Å². The van der Waals surface area contributed by atoms with E-state index in [1.165, 1.54) is 0 Å². The molecule has 0 saturated carbocycles. The van der Waals surface area contributed by atoms with Gasteiger partial charge in [0.15, 0.2) is 0 Å². The highest BCUT2D eigenvalue weighted by Crippen LogP contribution is 2.21. The van der Waals surface area contributed by atoms with Crippen LogP contribution in [0.2, 0.25) is 5.02 Å². The van der Waals surface area contributed by atoms with E-state index in [1.807, 2.05) is 37.3 Å². The van der Waals surface area contributed by atoms with Gasteiger partial charge in [0.05, 0.1) is 16.8 Å². The Balaban J connectivity index is 2.02. The van der Waals surface area contributed by atoms with Gasteiger partial charge in [0.25, 0.3) is 0 Å². The van der Waals surface area contributed by atoms with Crippen molar-refractivity contribution >= 4 is 28.3 Å². The van der Waals surface area contributed by atoms with Crippen LogP contribution in [0.4, 0.5) is 0 Å². The minimum Gasteiger partial charge on any atom is -0.338 e. The van der Waals surface area contributed by atoms with E-state index < -0.39 is 10.8 Å². The average Bonchev–Trinajstić information content (AvgIpc) is 2.55. The summed E-state index contributed by atoms with van der Waals surface area (Å²) in [7, 11) is 0.403. The van der Waals surface area contributed by atoms with E-state index in [-0.39, 0.29) is 17.7 Å². The van der Waals surface area contributed by atoms with Crippen molar-refractivity contribution < 1.29 is 9.00 Å². The summed E-state index contributed by atoms with van der Waals surface area (Å²) in [5.41, 5.74) is 0.991. The molecule has 3 nitrogen and oxygen atoms in total. The second-order valence-electron chi connectivity index (χ2n) is 5.04. The van der Waals surface area contributed by atoms with Crippen LogP contribution < -0.4 is 0 Å². The van der Waals surface area contributed by atoms with Crippen LogP contribution in [0.25, 0.3) is 0 Å². The lowest BCUT2D eigenvalue weighted by Crippen LogP contribution is -2.33. The minimum atomic E-state index is -1.32.